The van der Waals surface area contributed by atoms with Crippen LogP contribution in [-0.2, 0) is 0 Å². The molecule has 0 amide bonds. The maximum atomic E-state index is 13.6. The molecule has 0 atom stereocenters. The Balaban J connectivity index is 2.93. The Labute approximate surface area is 112 Å². The van der Waals surface area contributed by atoms with Crippen LogP contribution in [0.4, 0.5) is 22.0 Å². The molecular weight excluding hydrogens is 303 g/mol. The van der Waals surface area contributed by atoms with Crippen LogP contribution in [0.15, 0.2) is 6.07 Å². The second-order valence-electron chi connectivity index (χ2n) is 3.93. The van der Waals surface area contributed by atoms with Gasteiger partial charge >= 0.3 is 0 Å². The van der Waals surface area contributed by atoms with Crippen LogP contribution in [0.3, 0.4) is 0 Å². The lowest BCUT2D eigenvalue weighted by molar-refractivity contribution is 0.349. The third kappa shape index (κ3) is 1.97. The predicted molar refractivity (Wildman–Crippen MR) is 58.3 cm³/mol. The third-order valence-corrected chi connectivity index (χ3v) is 2.71. The summed E-state index contributed by atoms with van der Waals surface area (Å²) in [7, 11) is 0. The molecule has 0 aliphatic rings. The number of hydrogen-bond acceptors (Lipinski definition) is 4. The van der Waals surface area contributed by atoms with E-state index in [0.717, 1.165) is 0 Å². The van der Waals surface area contributed by atoms with Crippen molar-refractivity contribution in [2.75, 3.05) is 0 Å². The highest BCUT2D eigenvalue weighted by molar-refractivity contribution is 5.80. The molecule has 2 aromatic carbocycles. The maximum absolute atomic E-state index is 13.6. The summed E-state index contributed by atoms with van der Waals surface area (Å²) in [5, 5.41) is 37.0. The Morgan fingerprint density at radius 1 is 0.571 bits per heavy atom. The van der Waals surface area contributed by atoms with Crippen molar-refractivity contribution in [1.29, 1.82) is 0 Å². The zero-order valence-corrected chi connectivity index (χ0v) is 9.76. The summed E-state index contributed by atoms with van der Waals surface area (Å²) in [6.45, 7) is 0. The van der Waals surface area contributed by atoms with Crippen LogP contribution < -0.4 is 0 Å². The zero-order chi connectivity index (χ0) is 16.1. The molecule has 0 bridgehead atoms. The first-order valence-corrected chi connectivity index (χ1v) is 5.17. The van der Waals surface area contributed by atoms with Gasteiger partial charge in [0.2, 0.25) is 11.6 Å². The van der Waals surface area contributed by atoms with Gasteiger partial charge in [-0.15, -0.1) is 0 Å². The maximum Gasteiger partial charge on any atom is 0.207 e. The number of aromatic hydroxyl groups is 4. The molecule has 0 spiro atoms. The van der Waals surface area contributed by atoms with Gasteiger partial charge in [-0.1, -0.05) is 0 Å². The first-order chi connectivity index (χ1) is 9.68. The molecule has 0 aliphatic carbocycles. The van der Waals surface area contributed by atoms with E-state index in [2.05, 4.69) is 0 Å². The standard InChI is InChI=1S/C12H5F5O4/c13-3-1-2(9(18)11(20)5(3)14)4-6(15)7(16)8(17)12(21)10(4)19/h1,18-21H. The van der Waals surface area contributed by atoms with Crippen LogP contribution in [0.2, 0.25) is 0 Å². The van der Waals surface area contributed by atoms with E-state index in [4.69, 9.17) is 10.2 Å². The van der Waals surface area contributed by atoms with E-state index in [9.17, 15) is 32.2 Å². The van der Waals surface area contributed by atoms with Crippen molar-refractivity contribution < 1.29 is 42.4 Å². The lowest BCUT2D eigenvalue weighted by Crippen LogP contribution is -1.98. The smallest absolute Gasteiger partial charge is 0.207 e. The van der Waals surface area contributed by atoms with Crippen LogP contribution >= 0.6 is 0 Å². The Morgan fingerprint density at radius 3 is 1.67 bits per heavy atom. The Hall–Kier alpha value is -2.71. The number of halogens is 5. The van der Waals surface area contributed by atoms with Gasteiger partial charge in [0, 0.05) is 5.56 Å². The number of benzene rings is 2. The molecule has 4 nitrogen and oxygen atoms in total. The van der Waals surface area contributed by atoms with Crippen LogP contribution in [0, 0.1) is 29.1 Å². The monoisotopic (exact) mass is 308 g/mol. The second kappa shape index (κ2) is 4.69. The average molecular weight is 308 g/mol. The minimum Gasteiger partial charge on any atom is -0.504 e. The second-order valence-corrected chi connectivity index (χ2v) is 3.93. The fraction of sp³-hybridized carbons (Fsp3) is 0. The lowest BCUT2D eigenvalue weighted by atomic mass is 10.0. The molecule has 0 saturated heterocycles. The highest BCUT2D eigenvalue weighted by atomic mass is 19.2. The van der Waals surface area contributed by atoms with Crippen molar-refractivity contribution in [3.05, 3.63) is 35.2 Å². The van der Waals surface area contributed by atoms with E-state index in [0.29, 0.717) is 0 Å². The van der Waals surface area contributed by atoms with Gasteiger partial charge in [0.05, 0.1) is 5.56 Å². The van der Waals surface area contributed by atoms with E-state index >= 15 is 0 Å². The quantitative estimate of drug-likeness (QED) is 0.371. The molecule has 0 heterocycles. The third-order valence-electron chi connectivity index (χ3n) is 2.71. The molecule has 4 N–H and O–H groups in total. The van der Waals surface area contributed by atoms with Gasteiger partial charge < -0.3 is 20.4 Å². The van der Waals surface area contributed by atoms with Crippen LogP contribution in [0.25, 0.3) is 11.1 Å². The van der Waals surface area contributed by atoms with Gasteiger partial charge in [0.1, 0.15) is 0 Å². The van der Waals surface area contributed by atoms with Crippen LogP contribution in [0.5, 0.6) is 23.0 Å². The highest BCUT2D eigenvalue weighted by Crippen LogP contribution is 2.47. The van der Waals surface area contributed by atoms with E-state index in [1.807, 2.05) is 0 Å². The lowest BCUT2D eigenvalue weighted by Gasteiger charge is -2.12. The van der Waals surface area contributed by atoms with Crippen LogP contribution in [0.1, 0.15) is 0 Å². The van der Waals surface area contributed by atoms with Gasteiger partial charge in [-0.05, 0) is 6.07 Å². The molecule has 0 aliphatic heterocycles. The van der Waals surface area contributed by atoms with Crippen molar-refractivity contribution in [1.82, 2.24) is 0 Å². The summed E-state index contributed by atoms with van der Waals surface area (Å²) < 4.78 is 66.0. The molecule has 0 aromatic heterocycles. The molecular formula is C12H5F5O4. The predicted octanol–water partition coefficient (Wildman–Crippen LogP) is 2.87. The van der Waals surface area contributed by atoms with E-state index < -0.39 is 63.2 Å². The topological polar surface area (TPSA) is 80.9 Å². The summed E-state index contributed by atoms with van der Waals surface area (Å²) in [6.07, 6.45) is 0. The number of hydrogen-bond donors (Lipinski definition) is 4. The summed E-state index contributed by atoms with van der Waals surface area (Å²) in [5.41, 5.74) is -2.44. The molecule has 112 valence electrons. The largest absolute Gasteiger partial charge is 0.504 e. The van der Waals surface area contributed by atoms with Gasteiger partial charge in [0.15, 0.2) is 40.4 Å². The number of phenolic OH excluding ortho intramolecular Hbond substituents is 4. The average Bonchev–Trinajstić information content (AvgIpc) is 2.46. The summed E-state index contributed by atoms with van der Waals surface area (Å²) in [4.78, 5) is 0. The first-order valence-electron chi connectivity index (χ1n) is 5.17. The summed E-state index contributed by atoms with van der Waals surface area (Å²) in [5.74, 6) is -16.4. The Morgan fingerprint density at radius 2 is 1.10 bits per heavy atom. The molecule has 2 rings (SSSR count). The van der Waals surface area contributed by atoms with Gasteiger partial charge in [-0.2, -0.15) is 8.78 Å². The highest BCUT2D eigenvalue weighted by Gasteiger charge is 2.29. The normalized spacial score (nSPS) is 10.9. The van der Waals surface area contributed by atoms with Gasteiger partial charge in [-0.25, -0.2) is 13.2 Å². The minimum absolute atomic E-state index is 0.124. The first kappa shape index (κ1) is 14.7. The number of rotatable bonds is 1. The van der Waals surface area contributed by atoms with E-state index in [1.165, 1.54) is 0 Å². The van der Waals surface area contributed by atoms with Crippen molar-refractivity contribution in [3.63, 3.8) is 0 Å². The Bertz CT molecular complexity index is 731. The van der Waals surface area contributed by atoms with Gasteiger partial charge in [-0.3, -0.25) is 0 Å². The Kier molecular flexibility index (Phi) is 3.28. The molecule has 0 saturated carbocycles. The summed E-state index contributed by atoms with van der Waals surface area (Å²) in [6, 6.07) is 0.124. The summed E-state index contributed by atoms with van der Waals surface area (Å²) >= 11 is 0. The molecule has 0 radical (unpaired) electrons. The molecule has 21 heavy (non-hydrogen) atoms. The van der Waals surface area contributed by atoms with Crippen molar-refractivity contribution >= 4 is 0 Å². The van der Waals surface area contributed by atoms with Crippen molar-refractivity contribution in [2.45, 2.75) is 0 Å². The molecule has 0 fully saturated rings. The SMILES string of the molecule is Oc1c(-c2c(O)c(O)c(F)c(F)c2F)cc(F)c(F)c1O. The molecule has 2 aromatic rings. The van der Waals surface area contributed by atoms with E-state index in [1.54, 1.807) is 0 Å². The van der Waals surface area contributed by atoms with Crippen molar-refractivity contribution in [2.24, 2.45) is 0 Å². The van der Waals surface area contributed by atoms with Crippen LogP contribution in [-0.4, -0.2) is 20.4 Å². The fourth-order valence-electron chi connectivity index (χ4n) is 1.68. The minimum atomic E-state index is -2.22. The molecule has 9 heteroatoms. The zero-order valence-electron chi connectivity index (χ0n) is 9.76. The van der Waals surface area contributed by atoms with Crippen molar-refractivity contribution in [3.8, 4) is 34.1 Å². The van der Waals surface area contributed by atoms with E-state index in [-0.39, 0.29) is 6.07 Å². The fourth-order valence-corrected chi connectivity index (χ4v) is 1.68. The number of phenols is 4. The van der Waals surface area contributed by atoms with Gasteiger partial charge in [0.25, 0.3) is 0 Å². The molecule has 0 unspecified atom stereocenters.